The van der Waals surface area contributed by atoms with Gasteiger partial charge in [0, 0.05) is 38.8 Å². The predicted molar refractivity (Wildman–Crippen MR) is 109 cm³/mol. The van der Waals surface area contributed by atoms with Gasteiger partial charge in [0.1, 0.15) is 0 Å². The van der Waals surface area contributed by atoms with Crippen LogP contribution in [0, 0.1) is 0 Å². The molecule has 0 aromatic heterocycles. The average Bonchev–Trinajstić information content (AvgIpc) is 2.62. The summed E-state index contributed by atoms with van der Waals surface area (Å²) in [7, 11) is 1.70. The fraction of sp³-hybridized carbons (Fsp3) is 0.353. The third-order valence-corrected chi connectivity index (χ3v) is 3.62. The molecule has 1 heterocycles. The molecule has 1 aromatic carbocycles. The molecule has 2 rings (SSSR count). The fourth-order valence-electron chi connectivity index (χ4n) is 2.33. The number of carbonyl (C=O) groups excluding carboxylic acids is 2. The molecular formula is C17H24IN5O2. The number of nitrogens with zero attached hydrogens (tertiary/aromatic N) is 2. The van der Waals surface area contributed by atoms with Gasteiger partial charge >= 0.3 is 0 Å². The third-order valence-electron chi connectivity index (χ3n) is 3.62. The predicted octanol–water partition coefficient (Wildman–Crippen LogP) is 0.728. The van der Waals surface area contributed by atoms with Crippen molar-refractivity contribution in [2.45, 2.75) is 6.54 Å². The molecule has 0 spiro atoms. The average molecular weight is 457 g/mol. The van der Waals surface area contributed by atoms with E-state index < -0.39 is 0 Å². The highest BCUT2D eigenvalue weighted by Crippen LogP contribution is 2.09. The van der Waals surface area contributed by atoms with Crippen LogP contribution in [0.2, 0.25) is 0 Å². The summed E-state index contributed by atoms with van der Waals surface area (Å²) >= 11 is 0. The number of guanidine groups is 1. The van der Waals surface area contributed by atoms with Gasteiger partial charge in [-0.25, -0.2) is 0 Å². The summed E-state index contributed by atoms with van der Waals surface area (Å²) in [6.45, 7) is 6.04. The molecule has 0 radical (unpaired) electrons. The lowest BCUT2D eigenvalue weighted by Gasteiger charge is -2.26. The Morgan fingerprint density at radius 1 is 1.36 bits per heavy atom. The number of halogens is 1. The number of benzene rings is 1. The number of rotatable bonds is 5. The first-order valence-corrected chi connectivity index (χ1v) is 7.84. The van der Waals surface area contributed by atoms with E-state index in [4.69, 9.17) is 0 Å². The number of amides is 2. The van der Waals surface area contributed by atoms with Crippen molar-refractivity contribution in [1.82, 2.24) is 20.9 Å². The van der Waals surface area contributed by atoms with Crippen LogP contribution in [0.3, 0.4) is 0 Å². The van der Waals surface area contributed by atoms with Crippen LogP contribution in [-0.2, 0) is 11.3 Å². The van der Waals surface area contributed by atoms with Crippen molar-refractivity contribution in [2.24, 2.45) is 4.99 Å². The van der Waals surface area contributed by atoms with Crippen molar-refractivity contribution < 1.29 is 9.59 Å². The molecule has 0 unspecified atom stereocenters. The Balaban J connectivity index is 0.00000312. The van der Waals surface area contributed by atoms with E-state index in [0.717, 1.165) is 5.56 Å². The molecule has 1 fully saturated rings. The van der Waals surface area contributed by atoms with Crippen LogP contribution >= 0.6 is 24.0 Å². The Hall–Kier alpha value is -2.10. The highest BCUT2D eigenvalue weighted by atomic mass is 127. The smallest absolute Gasteiger partial charge is 0.254 e. The van der Waals surface area contributed by atoms with E-state index in [1.54, 1.807) is 30.2 Å². The molecule has 0 aliphatic carbocycles. The van der Waals surface area contributed by atoms with E-state index in [2.05, 4.69) is 27.5 Å². The van der Waals surface area contributed by atoms with Gasteiger partial charge in [-0.15, -0.1) is 30.6 Å². The molecule has 0 bridgehead atoms. The van der Waals surface area contributed by atoms with Gasteiger partial charge in [0.15, 0.2) is 5.96 Å². The summed E-state index contributed by atoms with van der Waals surface area (Å²) in [5.41, 5.74) is 1.62. The first-order chi connectivity index (χ1) is 11.6. The molecule has 7 nitrogen and oxygen atoms in total. The Morgan fingerprint density at radius 3 is 2.68 bits per heavy atom. The van der Waals surface area contributed by atoms with Gasteiger partial charge in [0.25, 0.3) is 5.91 Å². The van der Waals surface area contributed by atoms with Crippen LogP contribution in [0.1, 0.15) is 15.9 Å². The molecular weight excluding hydrogens is 433 g/mol. The normalized spacial score (nSPS) is 14.2. The molecule has 136 valence electrons. The molecule has 0 saturated carbocycles. The van der Waals surface area contributed by atoms with Crippen LogP contribution in [0.25, 0.3) is 0 Å². The van der Waals surface area contributed by atoms with Gasteiger partial charge in [-0.2, -0.15) is 0 Å². The SMILES string of the molecule is C=CCNC(=NC)NCc1ccc(C(=O)N2CCNC(=O)C2)cc1.I. The molecule has 1 saturated heterocycles. The van der Waals surface area contributed by atoms with E-state index in [9.17, 15) is 9.59 Å². The Kier molecular flexibility index (Phi) is 8.96. The van der Waals surface area contributed by atoms with Crippen LogP contribution in [-0.4, -0.2) is 55.9 Å². The van der Waals surface area contributed by atoms with Gasteiger partial charge in [-0.1, -0.05) is 18.2 Å². The lowest BCUT2D eigenvalue weighted by Crippen LogP contribution is -2.49. The summed E-state index contributed by atoms with van der Waals surface area (Å²) in [6, 6.07) is 7.35. The second kappa shape index (κ2) is 10.7. The minimum absolute atomic E-state index is 0. The molecule has 0 atom stereocenters. The van der Waals surface area contributed by atoms with Crippen molar-refractivity contribution in [1.29, 1.82) is 0 Å². The van der Waals surface area contributed by atoms with Crippen molar-refractivity contribution >= 4 is 41.8 Å². The first kappa shape index (κ1) is 20.9. The quantitative estimate of drug-likeness (QED) is 0.264. The molecule has 1 aliphatic rings. The lowest BCUT2D eigenvalue weighted by molar-refractivity contribution is -0.123. The van der Waals surface area contributed by atoms with Crippen molar-refractivity contribution in [3.8, 4) is 0 Å². The van der Waals surface area contributed by atoms with Crippen LogP contribution < -0.4 is 16.0 Å². The monoisotopic (exact) mass is 457 g/mol. The van der Waals surface area contributed by atoms with Gasteiger partial charge in [0.05, 0.1) is 6.54 Å². The molecule has 2 amide bonds. The summed E-state index contributed by atoms with van der Waals surface area (Å²) < 4.78 is 0. The Morgan fingerprint density at radius 2 is 2.08 bits per heavy atom. The van der Waals surface area contributed by atoms with E-state index in [1.807, 2.05) is 12.1 Å². The maximum Gasteiger partial charge on any atom is 0.254 e. The first-order valence-electron chi connectivity index (χ1n) is 7.84. The Bertz CT molecular complexity index is 630. The highest BCUT2D eigenvalue weighted by Gasteiger charge is 2.21. The largest absolute Gasteiger partial charge is 0.353 e. The molecule has 1 aromatic rings. The third kappa shape index (κ3) is 6.37. The fourth-order valence-corrected chi connectivity index (χ4v) is 2.33. The topological polar surface area (TPSA) is 85.8 Å². The second-order valence-corrected chi connectivity index (χ2v) is 5.37. The van der Waals surface area contributed by atoms with Gasteiger partial charge < -0.3 is 20.9 Å². The Labute approximate surface area is 165 Å². The standard InChI is InChI=1S/C17H23N5O2.HI/c1-3-8-20-17(18-2)21-11-13-4-6-14(7-5-13)16(24)22-10-9-19-15(23)12-22;/h3-7H,1,8-12H2,2H3,(H,19,23)(H2,18,20,21);1H. The number of aliphatic imine (C=N–C) groups is 1. The van der Waals surface area contributed by atoms with Crippen molar-refractivity contribution in [2.75, 3.05) is 33.2 Å². The maximum absolute atomic E-state index is 12.4. The highest BCUT2D eigenvalue weighted by molar-refractivity contribution is 14.0. The second-order valence-electron chi connectivity index (χ2n) is 5.37. The van der Waals surface area contributed by atoms with Crippen LogP contribution in [0.4, 0.5) is 0 Å². The zero-order valence-electron chi connectivity index (χ0n) is 14.2. The van der Waals surface area contributed by atoms with E-state index >= 15 is 0 Å². The molecule has 25 heavy (non-hydrogen) atoms. The number of nitrogens with one attached hydrogen (secondary N) is 3. The van der Waals surface area contributed by atoms with Gasteiger partial charge in [0.2, 0.25) is 5.91 Å². The zero-order valence-corrected chi connectivity index (χ0v) is 16.6. The number of hydrogen-bond acceptors (Lipinski definition) is 3. The van der Waals surface area contributed by atoms with E-state index in [0.29, 0.717) is 37.7 Å². The molecule has 3 N–H and O–H groups in total. The summed E-state index contributed by atoms with van der Waals surface area (Å²) in [5, 5.41) is 8.98. The zero-order chi connectivity index (χ0) is 17.4. The number of carbonyl (C=O) groups is 2. The number of hydrogen-bond donors (Lipinski definition) is 3. The minimum Gasteiger partial charge on any atom is -0.353 e. The van der Waals surface area contributed by atoms with Crippen LogP contribution in [0.15, 0.2) is 41.9 Å². The lowest BCUT2D eigenvalue weighted by atomic mass is 10.1. The molecule has 8 heteroatoms. The van der Waals surface area contributed by atoms with Gasteiger partial charge in [-0.05, 0) is 17.7 Å². The minimum atomic E-state index is -0.118. The number of piperazine rings is 1. The maximum atomic E-state index is 12.4. The van der Waals surface area contributed by atoms with E-state index in [1.165, 1.54) is 0 Å². The molecule has 1 aliphatic heterocycles. The van der Waals surface area contributed by atoms with Crippen molar-refractivity contribution in [3.05, 3.63) is 48.0 Å². The van der Waals surface area contributed by atoms with Crippen LogP contribution in [0.5, 0.6) is 0 Å². The van der Waals surface area contributed by atoms with Crippen molar-refractivity contribution in [3.63, 3.8) is 0 Å². The summed E-state index contributed by atoms with van der Waals surface area (Å²) in [6.07, 6.45) is 1.76. The summed E-state index contributed by atoms with van der Waals surface area (Å²) in [5.74, 6) is 0.455. The van der Waals surface area contributed by atoms with E-state index in [-0.39, 0.29) is 42.3 Å². The van der Waals surface area contributed by atoms with Gasteiger partial charge in [-0.3, -0.25) is 14.6 Å². The summed E-state index contributed by atoms with van der Waals surface area (Å²) in [4.78, 5) is 29.4.